The molecule has 5 heteroatoms. The van der Waals surface area contributed by atoms with Gasteiger partial charge in [-0.15, -0.1) is 0 Å². The van der Waals surface area contributed by atoms with E-state index in [2.05, 4.69) is 0 Å². The van der Waals surface area contributed by atoms with Gasteiger partial charge in [0, 0.05) is 5.02 Å². The summed E-state index contributed by atoms with van der Waals surface area (Å²) in [5, 5.41) is 9.42. The third-order valence-corrected chi connectivity index (χ3v) is 2.62. The van der Waals surface area contributed by atoms with Crippen molar-refractivity contribution in [3.63, 3.8) is 0 Å². The first kappa shape index (κ1) is 13.1. The van der Waals surface area contributed by atoms with E-state index in [0.717, 1.165) is 0 Å². The topological polar surface area (TPSA) is 63.6 Å². The molecule has 0 amide bonds. The van der Waals surface area contributed by atoms with Crippen molar-refractivity contribution in [1.29, 1.82) is 0 Å². The highest BCUT2D eigenvalue weighted by molar-refractivity contribution is 6.30. The summed E-state index contributed by atoms with van der Waals surface area (Å²) < 4.78 is 5.09. The molecule has 0 saturated carbocycles. The molecule has 0 radical (unpaired) electrons. The van der Waals surface area contributed by atoms with Crippen molar-refractivity contribution >= 4 is 23.5 Å². The summed E-state index contributed by atoms with van der Waals surface area (Å²) in [6.07, 6.45) is 0. The number of carboxylic acid groups (broad SMARTS) is 1. The summed E-state index contributed by atoms with van der Waals surface area (Å²) >= 11 is 5.77. The number of ether oxygens (including phenoxy) is 1. The van der Waals surface area contributed by atoms with Crippen LogP contribution in [-0.2, 0) is 0 Å². The SMILES string of the molecule is O=C(O)c1ccccc1C(=O)Oc1cccc(Cl)c1. The van der Waals surface area contributed by atoms with Gasteiger partial charge in [-0.1, -0.05) is 29.8 Å². The summed E-state index contributed by atoms with van der Waals surface area (Å²) in [6.45, 7) is 0. The Morgan fingerprint density at radius 1 is 1.00 bits per heavy atom. The van der Waals surface area contributed by atoms with Crippen molar-refractivity contribution in [3.8, 4) is 5.75 Å². The van der Waals surface area contributed by atoms with E-state index in [1.807, 2.05) is 0 Å². The van der Waals surface area contributed by atoms with Gasteiger partial charge in [0.05, 0.1) is 11.1 Å². The van der Waals surface area contributed by atoms with Crippen LogP contribution in [0, 0.1) is 0 Å². The smallest absolute Gasteiger partial charge is 0.344 e. The molecule has 0 saturated heterocycles. The molecule has 4 nitrogen and oxygen atoms in total. The second kappa shape index (κ2) is 5.54. The monoisotopic (exact) mass is 276 g/mol. The number of halogens is 1. The van der Waals surface area contributed by atoms with Crippen molar-refractivity contribution in [1.82, 2.24) is 0 Å². The largest absolute Gasteiger partial charge is 0.478 e. The van der Waals surface area contributed by atoms with Gasteiger partial charge in [-0.3, -0.25) is 0 Å². The van der Waals surface area contributed by atoms with Crippen LogP contribution < -0.4 is 4.74 Å². The van der Waals surface area contributed by atoms with Crippen molar-refractivity contribution < 1.29 is 19.4 Å². The summed E-state index contributed by atoms with van der Waals surface area (Å²) in [7, 11) is 0. The fraction of sp³-hybridized carbons (Fsp3) is 0. The van der Waals surface area contributed by atoms with Crippen LogP contribution in [0.4, 0.5) is 0 Å². The maximum Gasteiger partial charge on any atom is 0.344 e. The highest BCUT2D eigenvalue weighted by Gasteiger charge is 2.17. The first-order valence-electron chi connectivity index (χ1n) is 5.38. The summed E-state index contributed by atoms with van der Waals surface area (Å²) in [4.78, 5) is 22.9. The molecule has 0 aliphatic carbocycles. The average Bonchev–Trinajstić information content (AvgIpc) is 2.38. The van der Waals surface area contributed by atoms with Gasteiger partial charge in [0.15, 0.2) is 0 Å². The Balaban J connectivity index is 2.28. The number of rotatable bonds is 3. The highest BCUT2D eigenvalue weighted by Crippen LogP contribution is 2.19. The van der Waals surface area contributed by atoms with Crippen LogP contribution in [0.5, 0.6) is 5.75 Å². The number of hydrogen-bond donors (Lipinski definition) is 1. The van der Waals surface area contributed by atoms with E-state index in [9.17, 15) is 9.59 Å². The van der Waals surface area contributed by atoms with E-state index in [1.165, 1.54) is 18.2 Å². The van der Waals surface area contributed by atoms with Crippen molar-refractivity contribution in [2.24, 2.45) is 0 Å². The van der Waals surface area contributed by atoms with E-state index in [-0.39, 0.29) is 16.9 Å². The van der Waals surface area contributed by atoms with Gasteiger partial charge in [0.25, 0.3) is 0 Å². The third kappa shape index (κ3) is 3.11. The molecule has 0 atom stereocenters. The van der Waals surface area contributed by atoms with Crippen LogP contribution in [0.1, 0.15) is 20.7 Å². The standard InChI is InChI=1S/C14H9ClO4/c15-9-4-3-5-10(8-9)19-14(18)12-7-2-1-6-11(12)13(16)17/h1-8H,(H,16,17). The van der Waals surface area contributed by atoms with Crippen LogP contribution in [0.3, 0.4) is 0 Å². The fourth-order valence-electron chi connectivity index (χ4n) is 1.54. The second-order valence-corrected chi connectivity index (χ2v) is 4.13. The van der Waals surface area contributed by atoms with E-state index >= 15 is 0 Å². The second-order valence-electron chi connectivity index (χ2n) is 3.70. The van der Waals surface area contributed by atoms with Crippen LogP contribution in [0.2, 0.25) is 5.02 Å². The molecule has 2 aromatic rings. The first-order chi connectivity index (χ1) is 9.08. The fourth-order valence-corrected chi connectivity index (χ4v) is 1.72. The average molecular weight is 277 g/mol. The minimum Gasteiger partial charge on any atom is -0.478 e. The molecular weight excluding hydrogens is 268 g/mol. The quantitative estimate of drug-likeness (QED) is 0.690. The van der Waals surface area contributed by atoms with Gasteiger partial charge in [-0.25, -0.2) is 9.59 Å². The number of benzene rings is 2. The molecule has 19 heavy (non-hydrogen) atoms. The maximum atomic E-state index is 11.9. The normalized spacial score (nSPS) is 9.95. The zero-order valence-corrected chi connectivity index (χ0v) is 10.4. The zero-order chi connectivity index (χ0) is 13.8. The molecule has 0 bridgehead atoms. The lowest BCUT2D eigenvalue weighted by Crippen LogP contribution is -2.13. The lowest BCUT2D eigenvalue weighted by Gasteiger charge is -2.06. The predicted molar refractivity (Wildman–Crippen MR) is 69.8 cm³/mol. The molecule has 0 unspecified atom stereocenters. The number of carboxylic acids is 1. The van der Waals surface area contributed by atoms with Gasteiger partial charge in [-0.2, -0.15) is 0 Å². The molecule has 1 N–H and O–H groups in total. The van der Waals surface area contributed by atoms with E-state index in [0.29, 0.717) is 5.02 Å². The number of carbonyl (C=O) groups is 2. The molecular formula is C14H9ClO4. The Morgan fingerprint density at radius 3 is 2.32 bits per heavy atom. The van der Waals surface area contributed by atoms with Crippen molar-refractivity contribution in [3.05, 3.63) is 64.7 Å². The van der Waals surface area contributed by atoms with Crippen LogP contribution in [0.15, 0.2) is 48.5 Å². The molecule has 0 spiro atoms. The molecule has 0 aliphatic heterocycles. The van der Waals surface area contributed by atoms with Crippen LogP contribution in [0.25, 0.3) is 0 Å². The Morgan fingerprint density at radius 2 is 1.68 bits per heavy atom. The van der Waals surface area contributed by atoms with Gasteiger partial charge in [0.2, 0.25) is 0 Å². The number of hydrogen-bond acceptors (Lipinski definition) is 3. The molecule has 0 aromatic heterocycles. The predicted octanol–water partition coefficient (Wildman–Crippen LogP) is 3.26. The Labute approximate surface area is 114 Å². The van der Waals surface area contributed by atoms with Crippen molar-refractivity contribution in [2.45, 2.75) is 0 Å². The lowest BCUT2D eigenvalue weighted by atomic mass is 10.1. The highest BCUT2D eigenvalue weighted by atomic mass is 35.5. The van der Waals surface area contributed by atoms with Crippen LogP contribution >= 0.6 is 11.6 Å². The number of esters is 1. The van der Waals surface area contributed by atoms with Gasteiger partial charge in [-0.05, 0) is 30.3 Å². The summed E-state index contributed by atoms with van der Waals surface area (Å²) in [5.74, 6) is -1.66. The lowest BCUT2D eigenvalue weighted by molar-refractivity contribution is 0.0668. The van der Waals surface area contributed by atoms with Gasteiger partial charge >= 0.3 is 11.9 Å². The third-order valence-electron chi connectivity index (χ3n) is 2.38. The number of aromatic carboxylic acids is 1. The molecule has 0 aliphatic rings. The minimum absolute atomic E-state index is 0.00465. The number of carbonyl (C=O) groups excluding carboxylic acids is 1. The Hall–Kier alpha value is -2.33. The zero-order valence-electron chi connectivity index (χ0n) is 9.67. The first-order valence-corrected chi connectivity index (χ1v) is 5.76. The van der Waals surface area contributed by atoms with E-state index < -0.39 is 11.9 Å². The summed E-state index contributed by atoms with van der Waals surface area (Å²) in [5.41, 5.74) is -0.107. The Kier molecular flexibility index (Phi) is 3.82. The summed E-state index contributed by atoms with van der Waals surface area (Å²) in [6, 6.07) is 12.2. The van der Waals surface area contributed by atoms with Gasteiger partial charge in [0.1, 0.15) is 5.75 Å². The maximum absolute atomic E-state index is 11.9. The Bertz CT molecular complexity index is 637. The molecule has 0 fully saturated rings. The molecule has 2 aromatic carbocycles. The van der Waals surface area contributed by atoms with E-state index in [4.69, 9.17) is 21.4 Å². The van der Waals surface area contributed by atoms with E-state index in [1.54, 1.807) is 30.3 Å². The minimum atomic E-state index is -1.18. The molecule has 96 valence electrons. The molecule has 0 heterocycles. The molecule has 2 rings (SSSR count). The van der Waals surface area contributed by atoms with Crippen LogP contribution in [-0.4, -0.2) is 17.0 Å². The van der Waals surface area contributed by atoms with Gasteiger partial charge < -0.3 is 9.84 Å². The van der Waals surface area contributed by atoms with Crippen molar-refractivity contribution in [2.75, 3.05) is 0 Å².